The van der Waals surface area contributed by atoms with Gasteiger partial charge in [-0.05, 0) is 45.8 Å². The van der Waals surface area contributed by atoms with Crippen molar-refractivity contribution in [2.24, 2.45) is 17.3 Å². The second-order valence-electron chi connectivity index (χ2n) is 10.9. The Bertz CT molecular complexity index is 706. The van der Waals surface area contributed by atoms with Gasteiger partial charge in [0.1, 0.15) is 12.2 Å². The summed E-state index contributed by atoms with van der Waals surface area (Å²) in [6.45, 7) is 18.7. The van der Waals surface area contributed by atoms with E-state index in [0.717, 1.165) is 0 Å². The van der Waals surface area contributed by atoms with Crippen molar-refractivity contribution in [2.45, 2.75) is 92.1 Å². The number of hydrogen-bond donors (Lipinski definition) is 1. The lowest BCUT2D eigenvalue weighted by Gasteiger charge is -2.46. The van der Waals surface area contributed by atoms with E-state index in [1.165, 1.54) is 0 Å². The minimum absolute atomic E-state index is 0.00137. The monoisotopic (exact) mass is 457 g/mol. The molecule has 0 spiro atoms. The maximum absolute atomic E-state index is 12.6. The number of carbonyl (C=O) groups is 4. The molecule has 1 amide bonds. The van der Waals surface area contributed by atoms with Gasteiger partial charge in [0.15, 0.2) is 8.32 Å². The second kappa shape index (κ2) is 9.81. The van der Waals surface area contributed by atoms with Crippen molar-refractivity contribution in [3.8, 4) is 0 Å². The number of ketones is 1. The van der Waals surface area contributed by atoms with Crippen LogP contribution in [0.5, 0.6) is 0 Å². The van der Waals surface area contributed by atoms with Gasteiger partial charge in [-0.2, -0.15) is 0 Å². The third kappa shape index (κ3) is 7.13. The predicted octanol–water partition coefficient (Wildman–Crippen LogP) is 3.20. The number of carbonyl (C=O) groups excluding carboxylic acids is 4. The van der Waals surface area contributed by atoms with Crippen LogP contribution in [-0.4, -0.2) is 50.9 Å². The van der Waals surface area contributed by atoms with Gasteiger partial charge in [0.2, 0.25) is 12.7 Å². The summed E-state index contributed by atoms with van der Waals surface area (Å²) in [5.74, 6) is -2.79. The fourth-order valence-electron chi connectivity index (χ4n) is 2.99. The van der Waals surface area contributed by atoms with Crippen LogP contribution in [0.4, 0.5) is 0 Å². The zero-order valence-electron chi connectivity index (χ0n) is 20.6. The first-order valence-corrected chi connectivity index (χ1v) is 13.6. The van der Waals surface area contributed by atoms with Crippen LogP contribution in [-0.2, 0) is 33.1 Å². The van der Waals surface area contributed by atoms with Gasteiger partial charge in [-0.25, -0.2) is 0 Å². The molecule has 1 rings (SSSR count). The largest absolute Gasteiger partial charge is 0.428 e. The van der Waals surface area contributed by atoms with Crippen molar-refractivity contribution in [3.63, 3.8) is 0 Å². The Balaban J connectivity index is 2.62. The van der Waals surface area contributed by atoms with Gasteiger partial charge in [0.05, 0.1) is 23.5 Å². The van der Waals surface area contributed by atoms with Crippen LogP contribution in [0.1, 0.15) is 61.8 Å². The van der Waals surface area contributed by atoms with Crippen molar-refractivity contribution in [2.75, 3.05) is 6.79 Å². The van der Waals surface area contributed by atoms with E-state index in [0.29, 0.717) is 0 Å². The van der Waals surface area contributed by atoms with Crippen molar-refractivity contribution < 1.29 is 33.1 Å². The molecule has 1 aliphatic heterocycles. The highest BCUT2D eigenvalue weighted by Gasteiger charge is 2.50. The quantitative estimate of drug-likeness (QED) is 0.186. The van der Waals surface area contributed by atoms with Crippen LogP contribution in [0.15, 0.2) is 0 Å². The first-order valence-electron chi connectivity index (χ1n) is 10.7. The minimum atomic E-state index is -2.08. The summed E-state index contributed by atoms with van der Waals surface area (Å²) in [5.41, 5.74) is -0.711. The van der Waals surface area contributed by atoms with E-state index in [4.69, 9.17) is 13.9 Å². The Morgan fingerprint density at radius 3 is 2.03 bits per heavy atom. The third-order valence-electron chi connectivity index (χ3n) is 6.18. The Morgan fingerprint density at radius 1 is 1.03 bits per heavy atom. The maximum Gasteiger partial charge on any atom is 0.316 e. The summed E-state index contributed by atoms with van der Waals surface area (Å²) in [6, 6.07) is -0.397. The van der Waals surface area contributed by atoms with Crippen molar-refractivity contribution in [3.05, 3.63) is 0 Å². The summed E-state index contributed by atoms with van der Waals surface area (Å²) in [5, 5.41) is 2.78. The van der Waals surface area contributed by atoms with Crippen LogP contribution >= 0.6 is 0 Å². The molecule has 1 heterocycles. The molecular formula is C22H39NO7Si. The highest BCUT2D eigenvalue weighted by Crippen LogP contribution is 2.39. The van der Waals surface area contributed by atoms with Gasteiger partial charge >= 0.3 is 11.9 Å². The Hall–Kier alpha value is -1.74. The highest BCUT2D eigenvalue weighted by atomic mass is 28.4. The molecule has 31 heavy (non-hydrogen) atoms. The lowest BCUT2D eigenvalue weighted by atomic mass is 9.77. The predicted molar refractivity (Wildman–Crippen MR) is 118 cm³/mol. The molecule has 0 aliphatic carbocycles. The molecule has 0 radical (unpaired) electrons. The SMILES string of the molecule is C[C@@H](O[Si](C)(C)C(C)(C)C)[C@H]1C(=O)N[C@@H]1[C@@H](C)C(=O)CC(=O)OCOC(=O)C(C)(C)C. The summed E-state index contributed by atoms with van der Waals surface area (Å²) in [6.07, 6.45) is -0.788. The summed E-state index contributed by atoms with van der Waals surface area (Å²) in [4.78, 5) is 48.4. The van der Waals surface area contributed by atoms with Crippen LogP contribution in [0, 0.1) is 17.3 Å². The lowest BCUT2D eigenvalue weighted by Crippen LogP contribution is -2.66. The molecule has 1 saturated heterocycles. The average Bonchev–Trinajstić information content (AvgIpc) is 2.56. The molecule has 8 nitrogen and oxygen atoms in total. The first kappa shape index (κ1) is 27.3. The molecule has 0 bridgehead atoms. The molecule has 9 heteroatoms. The number of amides is 1. The maximum atomic E-state index is 12.6. The van der Waals surface area contributed by atoms with E-state index in [-0.39, 0.29) is 22.8 Å². The number of nitrogens with one attached hydrogen (secondary N) is 1. The smallest absolute Gasteiger partial charge is 0.316 e. The minimum Gasteiger partial charge on any atom is -0.428 e. The number of Topliss-reactive ketones (excluding diaryl/α,β-unsaturated/α-hetero) is 1. The molecular weight excluding hydrogens is 418 g/mol. The van der Waals surface area contributed by atoms with E-state index in [1.54, 1.807) is 27.7 Å². The van der Waals surface area contributed by atoms with Gasteiger partial charge in [0, 0.05) is 5.92 Å². The number of esters is 2. The summed E-state index contributed by atoms with van der Waals surface area (Å²) in [7, 11) is -2.08. The fourth-order valence-corrected chi connectivity index (χ4v) is 4.42. The Kier molecular flexibility index (Phi) is 8.64. The van der Waals surface area contributed by atoms with Crippen LogP contribution in [0.3, 0.4) is 0 Å². The molecule has 1 aliphatic rings. The van der Waals surface area contributed by atoms with Gasteiger partial charge in [-0.1, -0.05) is 27.7 Å². The number of β-lactam (4-membered cyclic amide) rings is 1. The molecule has 1 N–H and O–H groups in total. The normalized spacial score (nSPS) is 21.4. The standard InChI is InChI=1S/C22H39NO7Si/c1-13(15(24)11-16(25)28-12-29-20(27)21(3,4)5)18-17(19(26)23-18)14(2)30-31(9,10)22(6,7)8/h13-14,17-18H,11-12H2,1-10H3,(H,23,26)/t13-,14+,17+,18+/m0/s1. The van der Waals surface area contributed by atoms with Crippen LogP contribution in [0.2, 0.25) is 18.1 Å². The zero-order valence-corrected chi connectivity index (χ0v) is 21.6. The Morgan fingerprint density at radius 2 is 1.58 bits per heavy atom. The average molecular weight is 458 g/mol. The van der Waals surface area contributed by atoms with E-state index in [1.807, 2.05) is 6.92 Å². The van der Waals surface area contributed by atoms with Gasteiger partial charge in [-0.15, -0.1) is 0 Å². The fraction of sp³-hybridized carbons (Fsp3) is 0.818. The second-order valence-corrected chi connectivity index (χ2v) is 15.6. The number of hydrogen-bond acceptors (Lipinski definition) is 7. The number of ether oxygens (including phenoxy) is 2. The van der Waals surface area contributed by atoms with Crippen LogP contribution in [0.25, 0.3) is 0 Å². The summed E-state index contributed by atoms with van der Waals surface area (Å²) >= 11 is 0. The van der Waals surface area contributed by atoms with E-state index >= 15 is 0 Å². The first-order chi connectivity index (χ1) is 13.9. The van der Waals surface area contributed by atoms with Gasteiger partial charge < -0.3 is 19.2 Å². The van der Waals surface area contributed by atoms with Crippen molar-refractivity contribution >= 4 is 31.9 Å². The molecule has 4 atom stereocenters. The third-order valence-corrected chi connectivity index (χ3v) is 10.8. The molecule has 178 valence electrons. The molecule has 1 fully saturated rings. The van der Waals surface area contributed by atoms with Crippen molar-refractivity contribution in [1.82, 2.24) is 5.32 Å². The van der Waals surface area contributed by atoms with Gasteiger partial charge in [0.25, 0.3) is 0 Å². The zero-order chi connectivity index (χ0) is 24.4. The molecule has 0 aromatic rings. The molecule has 0 aromatic carbocycles. The molecule has 0 unspecified atom stereocenters. The summed E-state index contributed by atoms with van der Waals surface area (Å²) < 4.78 is 16.1. The lowest BCUT2D eigenvalue weighted by molar-refractivity contribution is -0.173. The highest BCUT2D eigenvalue weighted by molar-refractivity contribution is 6.74. The van der Waals surface area contributed by atoms with E-state index < -0.39 is 56.8 Å². The van der Waals surface area contributed by atoms with E-state index in [9.17, 15) is 19.2 Å². The van der Waals surface area contributed by atoms with Gasteiger partial charge in [-0.3, -0.25) is 19.2 Å². The van der Waals surface area contributed by atoms with E-state index in [2.05, 4.69) is 39.2 Å². The molecule has 0 aromatic heterocycles. The van der Waals surface area contributed by atoms with Crippen molar-refractivity contribution in [1.29, 1.82) is 0 Å². The molecule has 0 saturated carbocycles. The van der Waals surface area contributed by atoms with Crippen LogP contribution < -0.4 is 5.32 Å². The Labute approximate surface area is 186 Å². The topological polar surface area (TPSA) is 108 Å². The number of rotatable bonds is 9.